The van der Waals surface area contributed by atoms with E-state index >= 15 is 0 Å². The number of methoxy groups -OCH3 is 1. The minimum Gasteiger partial charge on any atom is -0.469 e. The Morgan fingerprint density at radius 1 is 1.37 bits per heavy atom. The zero-order chi connectivity index (χ0) is 14.3. The molecule has 1 aliphatic rings. The van der Waals surface area contributed by atoms with Crippen LogP contribution in [-0.4, -0.2) is 56.5 Å². The third kappa shape index (κ3) is 4.80. The predicted molar refractivity (Wildman–Crippen MR) is 68.4 cm³/mol. The van der Waals surface area contributed by atoms with Crippen LogP contribution in [0.15, 0.2) is 0 Å². The van der Waals surface area contributed by atoms with Crippen molar-refractivity contribution in [3.05, 3.63) is 0 Å². The van der Waals surface area contributed by atoms with Gasteiger partial charge in [0, 0.05) is 39.1 Å². The number of amides is 1. The maximum atomic E-state index is 11.8. The highest BCUT2D eigenvalue weighted by Gasteiger charge is 2.34. The number of ether oxygens (including phenoxy) is 3. The van der Waals surface area contributed by atoms with Gasteiger partial charge in [0.1, 0.15) is 0 Å². The molecule has 0 bridgehead atoms. The van der Waals surface area contributed by atoms with E-state index in [1.807, 2.05) is 13.8 Å². The van der Waals surface area contributed by atoms with Gasteiger partial charge in [-0.15, -0.1) is 0 Å². The van der Waals surface area contributed by atoms with Crippen LogP contribution in [-0.2, 0) is 23.8 Å². The Morgan fingerprint density at radius 2 is 2.00 bits per heavy atom. The molecule has 0 aromatic heterocycles. The number of carbonyl (C=O) groups excluding carboxylic acids is 2. The van der Waals surface area contributed by atoms with Crippen molar-refractivity contribution in [1.82, 2.24) is 4.90 Å². The van der Waals surface area contributed by atoms with Gasteiger partial charge in [-0.2, -0.15) is 0 Å². The Labute approximate surface area is 114 Å². The molecule has 0 spiro atoms. The first kappa shape index (κ1) is 15.9. The number of hydrogen-bond donors (Lipinski definition) is 0. The van der Waals surface area contributed by atoms with Gasteiger partial charge in [-0.25, -0.2) is 0 Å². The Bertz CT molecular complexity index is 301. The van der Waals surface area contributed by atoms with E-state index in [0.717, 1.165) is 0 Å². The van der Waals surface area contributed by atoms with E-state index in [4.69, 9.17) is 9.47 Å². The number of likely N-dealkylation sites (tertiary alicyclic amines) is 1. The molecule has 0 aromatic carbocycles. The van der Waals surface area contributed by atoms with E-state index in [1.54, 1.807) is 4.90 Å². The third-order valence-corrected chi connectivity index (χ3v) is 3.09. The fraction of sp³-hybridized carbons (Fsp3) is 0.846. The molecule has 0 aliphatic carbocycles. The van der Waals surface area contributed by atoms with Crippen molar-refractivity contribution in [2.24, 2.45) is 5.92 Å². The summed E-state index contributed by atoms with van der Waals surface area (Å²) in [6.45, 7) is 5.92. The molecule has 0 aromatic rings. The summed E-state index contributed by atoms with van der Waals surface area (Å²) in [6.07, 6.45) is 0.557. The fourth-order valence-electron chi connectivity index (χ4n) is 2.16. The van der Waals surface area contributed by atoms with Crippen molar-refractivity contribution >= 4 is 11.9 Å². The van der Waals surface area contributed by atoms with Gasteiger partial charge in [0.25, 0.3) is 0 Å². The molecular formula is C13H23NO5. The summed E-state index contributed by atoms with van der Waals surface area (Å²) in [6, 6.07) is 0. The number of carbonyl (C=O) groups is 2. The van der Waals surface area contributed by atoms with Gasteiger partial charge in [-0.1, -0.05) is 0 Å². The first-order chi connectivity index (χ1) is 9.12. The molecule has 1 fully saturated rings. The summed E-state index contributed by atoms with van der Waals surface area (Å²) >= 11 is 0. The van der Waals surface area contributed by atoms with E-state index in [-0.39, 0.29) is 30.5 Å². The van der Waals surface area contributed by atoms with Gasteiger partial charge in [0.2, 0.25) is 5.91 Å². The average molecular weight is 273 g/mol. The monoisotopic (exact) mass is 273 g/mol. The van der Waals surface area contributed by atoms with Crippen LogP contribution >= 0.6 is 0 Å². The molecule has 110 valence electrons. The molecular weight excluding hydrogens is 250 g/mol. The van der Waals surface area contributed by atoms with Gasteiger partial charge in [-0.3, -0.25) is 9.59 Å². The lowest BCUT2D eigenvalue weighted by atomic mass is 10.1. The van der Waals surface area contributed by atoms with Crippen LogP contribution in [0.2, 0.25) is 0 Å². The predicted octanol–water partition coefficient (Wildman–Crippen LogP) is 0.797. The van der Waals surface area contributed by atoms with Crippen molar-refractivity contribution in [3.63, 3.8) is 0 Å². The molecule has 1 saturated heterocycles. The Balaban J connectivity index is 2.40. The van der Waals surface area contributed by atoms with Crippen molar-refractivity contribution in [2.45, 2.75) is 33.0 Å². The first-order valence-corrected chi connectivity index (χ1v) is 6.71. The SMILES string of the molecule is CCOC(CCN1CC(C(=O)OC)CC1=O)OCC. The molecule has 19 heavy (non-hydrogen) atoms. The highest BCUT2D eigenvalue weighted by molar-refractivity contribution is 5.86. The summed E-state index contributed by atoms with van der Waals surface area (Å²) in [5, 5.41) is 0. The maximum Gasteiger partial charge on any atom is 0.310 e. The minimum absolute atomic E-state index is 0.0119. The lowest BCUT2D eigenvalue weighted by molar-refractivity contribution is -0.145. The van der Waals surface area contributed by atoms with E-state index in [0.29, 0.717) is 32.7 Å². The van der Waals surface area contributed by atoms with Crippen LogP contribution in [0.3, 0.4) is 0 Å². The van der Waals surface area contributed by atoms with Crippen LogP contribution < -0.4 is 0 Å². The van der Waals surface area contributed by atoms with Gasteiger partial charge < -0.3 is 19.1 Å². The van der Waals surface area contributed by atoms with Crippen LogP contribution in [0, 0.1) is 5.92 Å². The Morgan fingerprint density at radius 3 is 2.53 bits per heavy atom. The van der Waals surface area contributed by atoms with Crippen molar-refractivity contribution in [2.75, 3.05) is 33.4 Å². The van der Waals surface area contributed by atoms with Crippen LogP contribution in [0.1, 0.15) is 26.7 Å². The van der Waals surface area contributed by atoms with Crippen LogP contribution in [0.5, 0.6) is 0 Å². The normalized spacial score (nSPS) is 19.3. The Kier molecular flexibility index (Phi) is 6.80. The van der Waals surface area contributed by atoms with Crippen molar-refractivity contribution < 1.29 is 23.8 Å². The molecule has 0 N–H and O–H groups in total. The van der Waals surface area contributed by atoms with E-state index in [1.165, 1.54) is 7.11 Å². The lowest BCUT2D eigenvalue weighted by Crippen LogP contribution is -2.31. The van der Waals surface area contributed by atoms with Gasteiger partial charge in [0.15, 0.2) is 6.29 Å². The first-order valence-electron chi connectivity index (χ1n) is 6.71. The molecule has 1 aliphatic heterocycles. The highest BCUT2D eigenvalue weighted by Crippen LogP contribution is 2.19. The smallest absolute Gasteiger partial charge is 0.310 e. The molecule has 0 radical (unpaired) electrons. The second-order valence-corrected chi connectivity index (χ2v) is 4.39. The zero-order valence-electron chi connectivity index (χ0n) is 11.9. The lowest BCUT2D eigenvalue weighted by Gasteiger charge is -2.21. The Hall–Kier alpha value is -1.14. The largest absolute Gasteiger partial charge is 0.469 e. The number of rotatable bonds is 8. The quantitative estimate of drug-likeness (QED) is 0.483. The second kappa shape index (κ2) is 8.12. The number of nitrogens with zero attached hydrogens (tertiary/aromatic N) is 1. The second-order valence-electron chi connectivity index (χ2n) is 4.39. The highest BCUT2D eigenvalue weighted by atomic mass is 16.7. The third-order valence-electron chi connectivity index (χ3n) is 3.09. The molecule has 1 heterocycles. The molecule has 6 nitrogen and oxygen atoms in total. The standard InChI is InChI=1S/C13H23NO5/c1-4-18-12(19-5-2)6-7-14-9-10(8-11(14)15)13(16)17-3/h10,12H,4-9H2,1-3H3. The van der Waals surface area contributed by atoms with Gasteiger partial charge >= 0.3 is 5.97 Å². The number of hydrogen-bond acceptors (Lipinski definition) is 5. The van der Waals surface area contributed by atoms with Crippen molar-refractivity contribution in [1.29, 1.82) is 0 Å². The minimum atomic E-state index is -0.338. The zero-order valence-corrected chi connectivity index (χ0v) is 11.9. The summed E-state index contributed by atoms with van der Waals surface area (Å²) in [5.41, 5.74) is 0. The molecule has 1 rings (SSSR count). The summed E-state index contributed by atoms with van der Waals surface area (Å²) in [7, 11) is 1.34. The topological polar surface area (TPSA) is 65.1 Å². The molecule has 1 unspecified atom stereocenters. The summed E-state index contributed by atoms with van der Waals surface area (Å²) < 4.78 is 15.5. The molecule has 1 amide bonds. The van der Waals surface area contributed by atoms with E-state index < -0.39 is 0 Å². The fourth-order valence-corrected chi connectivity index (χ4v) is 2.16. The van der Waals surface area contributed by atoms with Crippen molar-refractivity contribution in [3.8, 4) is 0 Å². The number of esters is 1. The molecule has 6 heteroatoms. The average Bonchev–Trinajstić information content (AvgIpc) is 2.77. The van der Waals surface area contributed by atoms with Gasteiger partial charge in [0.05, 0.1) is 13.0 Å². The van der Waals surface area contributed by atoms with Crippen LogP contribution in [0.4, 0.5) is 0 Å². The molecule has 0 saturated carbocycles. The maximum absolute atomic E-state index is 11.8. The van der Waals surface area contributed by atoms with Crippen LogP contribution in [0.25, 0.3) is 0 Å². The van der Waals surface area contributed by atoms with E-state index in [9.17, 15) is 9.59 Å². The summed E-state index contributed by atoms with van der Waals surface area (Å²) in [4.78, 5) is 24.8. The van der Waals surface area contributed by atoms with Gasteiger partial charge in [-0.05, 0) is 13.8 Å². The molecule has 1 atom stereocenters. The van der Waals surface area contributed by atoms with E-state index in [2.05, 4.69) is 4.74 Å². The summed E-state index contributed by atoms with van der Waals surface area (Å²) in [5.74, 6) is -0.667.